The van der Waals surface area contributed by atoms with E-state index in [2.05, 4.69) is 0 Å². The SMILES string of the molecule is CC(=CCOCCCCOc1c(Cl)cc(OCC=C(Cl)Cl)cc1Cl)C(F)(F)F. The van der Waals surface area contributed by atoms with Gasteiger partial charge in [0.1, 0.15) is 16.8 Å². The topological polar surface area (TPSA) is 27.7 Å². The molecule has 0 atom stereocenters. The number of ether oxygens (including phenoxy) is 3. The number of benzene rings is 1. The number of hydrogen-bond acceptors (Lipinski definition) is 3. The van der Waals surface area contributed by atoms with Crippen LogP contribution in [-0.4, -0.2) is 32.6 Å². The Hall–Kier alpha value is -0.790. The molecule has 0 heterocycles. The monoisotopic (exact) mass is 480 g/mol. The lowest BCUT2D eigenvalue weighted by Crippen LogP contribution is -2.10. The summed E-state index contributed by atoms with van der Waals surface area (Å²) in [6.07, 6.45) is -0.606. The average molecular weight is 482 g/mol. The summed E-state index contributed by atoms with van der Waals surface area (Å²) in [6, 6.07) is 3.11. The van der Waals surface area contributed by atoms with E-state index in [1.807, 2.05) is 0 Å². The molecule has 10 heteroatoms. The normalized spacial score (nSPS) is 12.1. The van der Waals surface area contributed by atoms with Crippen LogP contribution < -0.4 is 9.47 Å². The number of allylic oxidation sites excluding steroid dienone is 1. The van der Waals surface area contributed by atoms with Crippen molar-refractivity contribution in [2.45, 2.75) is 25.9 Å². The van der Waals surface area contributed by atoms with Crippen molar-refractivity contribution in [2.75, 3.05) is 26.4 Å². The molecule has 1 rings (SSSR count). The average Bonchev–Trinajstić information content (AvgIpc) is 2.57. The maximum atomic E-state index is 12.3. The Morgan fingerprint density at radius 3 is 2.14 bits per heavy atom. The highest BCUT2D eigenvalue weighted by molar-refractivity contribution is 6.55. The number of unbranched alkanes of at least 4 members (excludes halogenated alkanes) is 1. The summed E-state index contributed by atoms with van der Waals surface area (Å²) in [7, 11) is 0. The van der Waals surface area contributed by atoms with E-state index in [9.17, 15) is 13.2 Å². The Morgan fingerprint density at radius 1 is 0.964 bits per heavy atom. The second kappa shape index (κ2) is 12.7. The van der Waals surface area contributed by atoms with Crippen molar-refractivity contribution in [3.8, 4) is 11.5 Å². The summed E-state index contributed by atoms with van der Waals surface area (Å²) >= 11 is 23.3. The second-order valence-electron chi connectivity index (χ2n) is 5.54. The lowest BCUT2D eigenvalue weighted by atomic mass is 10.3. The molecule has 3 nitrogen and oxygen atoms in total. The van der Waals surface area contributed by atoms with Crippen molar-refractivity contribution in [2.24, 2.45) is 0 Å². The van der Waals surface area contributed by atoms with Gasteiger partial charge in [-0.25, -0.2) is 0 Å². The van der Waals surface area contributed by atoms with Crippen molar-refractivity contribution < 1.29 is 27.4 Å². The van der Waals surface area contributed by atoms with Gasteiger partial charge in [-0.15, -0.1) is 0 Å². The Kier molecular flexibility index (Phi) is 11.5. The first-order chi connectivity index (χ1) is 13.1. The van der Waals surface area contributed by atoms with Crippen LogP contribution in [0.3, 0.4) is 0 Å². The van der Waals surface area contributed by atoms with Gasteiger partial charge in [-0.2, -0.15) is 13.2 Å². The van der Waals surface area contributed by atoms with Gasteiger partial charge in [0.2, 0.25) is 0 Å². The third kappa shape index (κ3) is 10.1. The standard InChI is InChI=1S/C18H19Cl4F3O3/c1-12(18(23,24)25)4-8-26-6-2-3-7-28-17-14(19)10-13(11-15(17)20)27-9-5-16(21)22/h4-5,10-11H,2-3,6-9H2,1H3. The molecule has 0 amide bonds. The molecule has 28 heavy (non-hydrogen) atoms. The molecule has 0 saturated heterocycles. The first kappa shape index (κ1) is 25.2. The fourth-order valence-corrected chi connectivity index (χ4v) is 2.52. The molecule has 0 fully saturated rings. The number of rotatable bonds is 11. The molecule has 0 aliphatic rings. The van der Waals surface area contributed by atoms with Crippen LogP contribution in [-0.2, 0) is 4.74 Å². The molecule has 0 N–H and O–H groups in total. The molecule has 158 valence electrons. The molecule has 1 aromatic carbocycles. The molecule has 0 aliphatic carbocycles. The van der Waals surface area contributed by atoms with E-state index in [0.29, 0.717) is 37.6 Å². The van der Waals surface area contributed by atoms with Gasteiger partial charge in [-0.3, -0.25) is 0 Å². The highest BCUT2D eigenvalue weighted by atomic mass is 35.5. The van der Waals surface area contributed by atoms with Crippen LogP contribution in [0.25, 0.3) is 0 Å². The van der Waals surface area contributed by atoms with Gasteiger partial charge >= 0.3 is 6.18 Å². The van der Waals surface area contributed by atoms with E-state index in [4.69, 9.17) is 60.6 Å². The molecular weight excluding hydrogens is 463 g/mol. The van der Waals surface area contributed by atoms with Crippen LogP contribution in [0.1, 0.15) is 19.8 Å². The van der Waals surface area contributed by atoms with Gasteiger partial charge in [0.15, 0.2) is 5.75 Å². The van der Waals surface area contributed by atoms with Crippen LogP contribution in [0.2, 0.25) is 10.0 Å². The maximum Gasteiger partial charge on any atom is 0.412 e. The van der Waals surface area contributed by atoms with Crippen molar-refractivity contribution in [3.63, 3.8) is 0 Å². The Balaban J connectivity index is 2.33. The van der Waals surface area contributed by atoms with Crippen molar-refractivity contribution in [1.82, 2.24) is 0 Å². The zero-order chi connectivity index (χ0) is 21.2. The van der Waals surface area contributed by atoms with Crippen LogP contribution in [0.4, 0.5) is 13.2 Å². The predicted octanol–water partition coefficient (Wildman–Crippen LogP) is 7.38. The molecule has 0 unspecified atom stereocenters. The summed E-state index contributed by atoms with van der Waals surface area (Å²) in [5.41, 5.74) is -0.672. The Morgan fingerprint density at radius 2 is 1.57 bits per heavy atom. The van der Waals surface area contributed by atoms with Gasteiger partial charge in [0.25, 0.3) is 0 Å². The zero-order valence-corrected chi connectivity index (χ0v) is 17.9. The minimum atomic E-state index is -4.32. The summed E-state index contributed by atoms with van der Waals surface area (Å²) in [4.78, 5) is 0. The van der Waals surface area contributed by atoms with E-state index in [1.54, 1.807) is 12.1 Å². The quantitative estimate of drug-likeness (QED) is 0.244. The number of alkyl halides is 3. The predicted molar refractivity (Wildman–Crippen MR) is 107 cm³/mol. The molecule has 0 aliphatic heterocycles. The summed E-state index contributed by atoms with van der Waals surface area (Å²) in [5.74, 6) is 0.759. The molecule has 0 bridgehead atoms. The van der Waals surface area contributed by atoms with Crippen LogP contribution in [0.5, 0.6) is 11.5 Å². The summed E-state index contributed by atoms with van der Waals surface area (Å²) < 4.78 is 53.1. The molecule has 1 aromatic rings. The lowest BCUT2D eigenvalue weighted by molar-refractivity contribution is -0.0919. The van der Waals surface area contributed by atoms with Crippen molar-refractivity contribution in [3.05, 3.63) is 44.4 Å². The molecule has 0 spiro atoms. The largest absolute Gasteiger partial charge is 0.490 e. The Bertz CT molecular complexity index is 664. The minimum Gasteiger partial charge on any atom is -0.490 e. The molecule has 0 saturated carbocycles. The molecular formula is C18H19Cl4F3O3. The van der Waals surface area contributed by atoms with Crippen LogP contribution >= 0.6 is 46.4 Å². The number of hydrogen-bond donors (Lipinski definition) is 0. The third-order valence-electron chi connectivity index (χ3n) is 3.34. The third-order valence-corrected chi connectivity index (χ3v) is 4.21. The van der Waals surface area contributed by atoms with Gasteiger partial charge in [0.05, 0.1) is 23.3 Å². The van der Waals surface area contributed by atoms with E-state index >= 15 is 0 Å². The van der Waals surface area contributed by atoms with E-state index in [0.717, 1.165) is 13.0 Å². The number of halogens is 7. The Labute approximate surface area is 181 Å². The van der Waals surface area contributed by atoms with Gasteiger partial charge in [0, 0.05) is 24.3 Å². The molecule has 0 aromatic heterocycles. The van der Waals surface area contributed by atoms with Gasteiger partial charge in [-0.1, -0.05) is 52.5 Å². The maximum absolute atomic E-state index is 12.3. The summed E-state index contributed by atoms with van der Waals surface area (Å²) in [5, 5.41) is 0.569. The van der Waals surface area contributed by atoms with E-state index < -0.39 is 11.7 Å². The fourth-order valence-electron chi connectivity index (χ4n) is 1.82. The smallest absolute Gasteiger partial charge is 0.412 e. The highest BCUT2D eigenvalue weighted by Gasteiger charge is 2.29. The van der Waals surface area contributed by atoms with Crippen molar-refractivity contribution >= 4 is 46.4 Å². The van der Waals surface area contributed by atoms with Crippen molar-refractivity contribution in [1.29, 1.82) is 0 Å². The molecule has 0 radical (unpaired) electrons. The minimum absolute atomic E-state index is 0.0879. The first-order valence-electron chi connectivity index (χ1n) is 8.18. The lowest BCUT2D eigenvalue weighted by Gasteiger charge is -2.12. The van der Waals surface area contributed by atoms with Gasteiger partial charge < -0.3 is 14.2 Å². The van der Waals surface area contributed by atoms with Crippen LogP contribution in [0.15, 0.2) is 34.3 Å². The van der Waals surface area contributed by atoms with Crippen LogP contribution in [0, 0.1) is 0 Å². The van der Waals surface area contributed by atoms with E-state index in [-0.39, 0.29) is 27.8 Å². The second-order valence-corrected chi connectivity index (χ2v) is 7.36. The summed E-state index contributed by atoms with van der Waals surface area (Å²) in [6.45, 7) is 1.72. The fraction of sp³-hybridized carbons (Fsp3) is 0.444. The highest BCUT2D eigenvalue weighted by Crippen LogP contribution is 2.37. The first-order valence-corrected chi connectivity index (χ1v) is 9.70. The van der Waals surface area contributed by atoms with E-state index in [1.165, 1.54) is 6.08 Å². The zero-order valence-electron chi connectivity index (χ0n) is 14.9. The van der Waals surface area contributed by atoms with Gasteiger partial charge in [-0.05, 0) is 25.8 Å².